The topological polar surface area (TPSA) is 12.0 Å². The van der Waals surface area contributed by atoms with Crippen LogP contribution in [0.2, 0.25) is 5.02 Å². The lowest BCUT2D eigenvalue weighted by atomic mass is 10.1. The summed E-state index contributed by atoms with van der Waals surface area (Å²) in [7, 11) is 1.76. The van der Waals surface area contributed by atoms with Crippen LogP contribution in [0.4, 0.5) is 4.39 Å². The van der Waals surface area contributed by atoms with Gasteiger partial charge in [0, 0.05) is 17.1 Å². The van der Waals surface area contributed by atoms with E-state index >= 15 is 0 Å². The van der Waals surface area contributed by atoms with Gasteiger partial charge in [-0.3, -0.25) is 0 Å². The molecule has 1 aromatic rings. The first-order valence-electron chi connectivity index (χ1n) is 3.75. The monoisotopic (exact) mass is 187 g/mol. The van der Waals surface area contributed by atoms with Crippen LogP contribution in [0.3, 0.4) is 0 Å². The summed E-state index contributed by atoms with van der Waals surface area (Å²) in [6.07, 6.45) is 0. The van der Waals surface area contributed by atoms with Crippen molar-refractivity contribution in [1.82, 2.24) is 5.32 Å². The van der Waals surface area contributed by atoms with Crippen molar-refractivity contribution in [2.24, 2.45) is 0 Å². The maximum atomic E-state index is 13.3. The van der Waals surface area contributed by atoms with Crippen LogP contribution in [0.25, 0.3) is 0 Å². The number of aryl methyl sites for hydroxylation is 1. The lowest BCUT2D eigenvalue weighted by Crippen LogP contribution is -2.08. The largest absolute Gasteiger partial charge is 0.316 e. The third kappa shape index (κ3) is 1.76. The van der Waals surface area contributed by atoms with Gasteiger partial charge in [0.25, 0.3) is 0 Å². The lowest BCUT2D eigenvalue weighted by Gasteiger charge is -2.06. The average molecular weight is 188 g/mol. The summed E-state index contributed by atoms with van der Waals surface area (Å²) in [6.45, 7) is 2.19. The maximum absolute atomic E-state index is 13.3. The Bertz CT molecular complexity index is 286. The Morgan fingerprint density at radius 1 is 1.50 bits per heavy atom. The summed E-state index contributed by atoms with van der Waals surface area (Å²) < 4.78 is 13.3. The molecule has 1 rings (SSSR count). The Hall–Kier alpha value is -0.600. The van der Waals surface area contributed by atoms with Gasteiger partial charge >= 0.3 is 0 Å². The van der Waals surface area contributed by atoms with Crippen LogP contribution in [0.5, 0.6) is 0 Å². The first-order chi connectivity index (χ1) is 5.66. The molecule has 0 radical (unpaired) electrons. The average Bonchev–Trinajstić information content (AvgIpc) is 2.06. The zero-order chi connectivity index (χ0) is 9.14. The summed E-state index contributed by atoms with van der Waals surface area (Å²) in [5.74, 6) is -0.211. The van der Waals surface area contributed by atoms with E-state index in [1.165, 1.54) is 0 Å². The smallest absolute Gasteiger partial charge is 0.132 e. The fraction of sp³-hybridized carbons (Fsp3) is 0.333. The van der Waals surface area contributed by atoms with Gasteiger partial charge in [-0.05, 0) is 25.6 Å². The van der Waals surface area contributed by atoms with Gasteiger partial charge in [0.05, 0.1) is 0 Å². The van der Waals surface area contributed by atoms with Gasteiger partial charge in [-0.25, -0.2) is 4.39 Å². The third-order valence-corrected chi connectivity index (χ3v) is 2.09. The van der Waals surface area contributed by atoms with Gasteiger partial charge in [0.1, 0.15) is 5.82 Å². The van der Waals surface area contributed by atoms with E-state index < -0.39 is 0 Å². The molecule has 1 nitrogen and oxygen atoms in total. The Balaban J connectivity index is 3.14. The fourth-order valence-electron chi connectivity index (χ4n) is 1.05. The van der Waals surface area contributed by atoms with E-state index in [9.17, 15) is 4.39 Å². The predicted molar refractivity (Wildman–Crippen MR) is 48.9 cm³/mol. The molecule has 66 valence electrons. The normalized spacial score (nSPS) is 10.3. The van der Waals surface area contributed by atoms with E-state index in [2.05, 4.69) is 5.32 Å². The predicted octanol–water partition coefficient (Wildman–Crippen LogP) is 2.51. The fourth-order valence-corrected chi connectivity index (χ4v) is 1.27. The first kappa shape index (κ1) is 9.49. The quantitative estimate of drug-likeness (QED) is 0.750. The Labute approximate surface area is 76.5 Å². The van der Waals surface area contributed by atoms with Crippen LogP contribution in [0.1, 0.15) is 11.1 Å². The molecule has 0 spiro atoms. The molecule has 0 saturated carbocycles. The number of rotatable bonds is 2. The highest BCUT2D eigenvalue weighted by Crippen LogP contribution is 2.21. The molecule has 0 amide bonds. The minimum Gasteiger partial charge on any atom is -0.316 e. The van der Waals surface area contributed by atoms with Crippen molar-refractivity contribution < 1.29 is 4.39 Å². The van der Waals surface area contributed by atoms with Gasteiger partial charge < -0.3 is 5.32 Å². The summed E-state index contributed by atoms with van der Waals surface area (Å²) in [5.41, 5.74) is 1.17. The molecule has 0 unspecified atom stereocenters. The summed E-state index contributed by atoms with van der Waals surface area (Å²) in [6, 6.07) is 3.39. The van der Waals surface area contributed by atoms with Crippen molar-refractivity contribution in [3.8, 4) is 0 Å². The number of hydrogen-bond donors (Lipinski definition) is 1. The molecule has 0 atom stereocenters. The molecule has 1 N–H and O–H groups in total. The third-order valence-electron chi connectivity index (χ3n) is 1.73. The molecule has 3 heteroatoms. The minimum absolute atomic E-state index is 0.211. The molecule has 0 saturated heterocycles. The molecule has 0 heterocycles. The van der Waals surface area contributed by atoms with Crippen LogP contribution in [0.15, 0.2) is 12.1 Å². The van der Waals surface area contributed by atoms with Crippen molar-refractivity contribution in [2.75, 3.05) is 7.05 Å². The molecule has 0 bridgehead atoms. The van der Waals surface area contributed by atoms with Crippen LogP contribution in [-0.2, 0) is 6.54 Å². The second kappa shape index (κ2) is 3.87. The zero-order valence-corrected chi connectivity index (χ0v) is 7.87. The van der Waals surface area contributed by atoms with E-state index in [4.69, 9.17) is 11.6 Å². The minimum atomic E-state index is -0.211. The van der Waals surface area contributed by atoms with Crippen molar-refractivity contribution in [3.63, 3.8) is 0 Å². The van der Waals surface area contributed by atoms with Crippen LogP contribution in [-0.4, -0.2) is 7.05 Å². The van der Waals surface area contributed by atoms with Crippen LogP contribution < -0.4 is 5.32 Å². The highest BCUT2D eigenvalue weighted by Gasteiger charge is 2.07. The second-order valence-corrected chi connectivity index (χ2v) is 3.09. The van der Waals surface area contributed by atoms with E-state index in [1.54, 1.807) is 26.1 Å². The molecular weight excluding hydrogens is 177 g/mol. The van der Waals surface area contributed by atoms with Gasteiger partial charge in [-0.2, -0.15) is 0 Å². The van der Waals surface area contributed by atoms with Crippen molar-refractivity contribution in [1.29, 1.82) is 0 Å². The maximum Gasteiger partial charge on any atom is 0.132 e. The lowest BCUT2D eigenvalue weighted by molar-refractivity contribution is 0.592. The highest BCUT2D eigenvalue weighted by molar-refractivity contribution is 6.31. The number of nitrogens with one attached hydrogen (secondary N) is 1. The molecule has 12 heavy (non-hydrogen) atoms. The van der Waals surface area contributed by atoms with E-state index in [1.807, 2.05) is 0 Å². The molecule has 0 aliphatic heterocycles. The Morgan fingerprint density at radius 3 is 2.75 bits per heavy atom. The van der Waals surface area contributed by atoms with Crippen LogP contribution in [0, 0.1) is 12.7 Å². The van der Waals surface area contributed by atoms with E-state index in [-0.39, 0.29) is 5.82 Å². The molecular formula is C9H11ClFN. The Kier molecular flexibility index (Phi) is 3.06. The van der Waals surface area contributed by atoms with Crippen molar-refractivity contribution in [2.45, 2.75) is 13.5 Å². The van der Waals surface area contributed by atoms with Gasteiger partial charge in [0.2, 0.25) is 0 Å². The summed E-state index contributed by atoms with van der Waals surface area (Å²) >= 11 is 5.80. The van der Waals surface area contributed by atoms with Crippen molar-refractivity contribution in [3.05, 3.63) is 34.1 Å². The summed E-state index contributed by atoms with van der Waals surface area (Å²) in [4.78, 5) is 0. The number of hydrogen-bond acceptors (Lipinski definition) is 1. The summed E-state index contributed by atoms with van der Waals surface area (Å²) in [5, 5.41) is 3.35. The van der Waals surface area contributed by atoms with E-state index in [0.29, 0.717) is 22.7 Å². The van der Waals surface area contributed by atoms with E-state index in [0.717, 1.165) is 0 Å². The van der Waals surface area contributed by atoms with Crippen LogP contribution >= 0.6 is 11.6 Å². The SMILES string of the molecule is CNCc1c(Cl)ccc(C)c1F. The molecule has 0 aliphatic rings. The van der Waals surface area contributed by atoms with Gasteiger partial charge in [-0.15, -0.1) is 0 Å². The molecule has 1 aromatic carbocycles. The molecule has 0 aromatic heterocycles. The first-order valence-corrected chi connectivity index (χ1v) is 4.12. The molecule has 0 fully saturated rings. The second-order valence-electron chi connectivity index (χ2n) is 2.69. The van der Waals surface area contributed by atoms with Crippen molar-refractivity contribution >= 4 is 11.6 Å². The zero-order valence-electron chi connectivity index (χ0n) is 7.12. The standard InChI is InChI=1S/C9H11ClFN/c1-6-3-4-8(10)7(5-12-2)9(6)11/h3-4,12H,5H2,1-2H3. The number of benzene rings is 1. The van der Waals surface area contributed by atoms with Gasteiger partial charge in [-0.1, -0.05) is 17.7 Å². The highest BCUT2D eigenvalue weighted by atomic mass is 35.5. The molecule has 0 aliphatic carbocycles. The number of halogens is 2. The van der Waals surface area contributed by atoms with Gasteiger partial charge in [0.15, 0.2) is 0 Å². The Morgan fingerprint density at radius 2 is 2.17 bits per heavy atom.